The van der Waals surface area contributed by atoms with Crippen LogP contribution in [0.4, 0.5) is 5.69 Å². The topological polar surface area (TPSA) is 49.4 Å². The molecule has 4 rings (SSSR count). The molecule has 32 heavy (non-hydrogen) atoms. The Balaban J connectivity index is 1.56. The van der Waals surface area contributed by atoms with E-state index >= 15 is 0 Å². The smallest absolute Gasteiger partial charge is 0.265 e. The van der Waals surface area contributed by atoms with Crippen LogP contribution < -0.4 is 10.2 Å². The number of nitrogens with zero attached hydrogens (tertiary/aromatic N) is 1. The van der Waals surface area contributed by atoms with Crippen molar-refractivity contribution in [2.75, 3.05) is 11.4 Å². The van der Waals surface area contributed by atoms with Gasteiger partial charge in [-0.3, -0.25) is 14.5 Å². The Bertz CT molecular complexity index is 1140. The summed E-state index contributed by atoms with van der Waals surface area (Å²) in [7, 11) is 0. The number of thioether (sulfide) groups is 1. The Morgan fingerprint density at radius 2 is 1.69 bits per heavy atom. The van der Waals surface area contributed by atoms with Crippen LogP contribution in [-0.4, -0.2) is 18.4 Å². The van der Waals surface area contributed by atoms with Crippen LogP contribution in [0.15, 0.2) is 88.7 Å². The standard InChI is InChI=1S/C27H26N2O2S/c1-3-20-13-15-21(16-14-20)17-25-27(31)29(23-11-7-8-12-24(23)32-25)18-26(30)28-19(2)22-9-5-4-6-10-22/h4-17,19H,3,18H2,1-2H3,(H,28,30)/b25-17+/t19-/m0/s1. The summed E-state index contributed by atoms with van der Waals surface area (Å²) in [6.07, 6.45) is 2.88. The molecule has 3 aromatic carbocycles. The lowest BCUT2D eigenvalue weighted by atomic mass is 10.1. The summed E-state index contributed by atoms with van der Waals surface area (Å²) in [6.45, 7) is 4.03. The summed E-state index contributed by atoms with van der Waals surface area (Å²) in [5.41, 5.74) is 4.02. The molecule has 0 bridgehead atoms. The number of hydrogen-bond donors (Lipinski definition) is 1. The lowest BCUT2D eigenvalue weighted by Gasteiger charge is -2.30. The van der Waals surface area contributed by atoms with E-state index in [-0.39, 0.29) is 24.4 Å². The summed E-state index contributed by atoms with van der Waals surface area (Å²) < 4.78 is 0. The maximum absolute atomic E-state index is 13.4. The van der Waals surface area contributed by atoms with Crippen molar-refractivity contribution < 1.29 is 9.59 Å². The summed E-state index contributed by atoms with van der Waals surface area (Å²) in [5.74, 6) is -0.348. The second-order valence-corrected chi connectivity index (χ2v) is 8.85. The van der Waals surface area contributed by atoms with Crippen LogP contribution in [0.2, 0.25) is 0 Å². The van der Waals surface area contributed by atoms with Gasteiger partial charge in [0.15, 0.2) is 0 Å². The number of anilines is 1. The molecule has 1 atom stereocenters. The van der Waals surface area contributed by atoms with E-state index in [1.54, 1.807) is 4.90 Å². The highest BCUT2D eigenvalue weighted by Gasteiger charge is 2.30. The average molecular weight is 443 g/mol. The molecule has 4 nitrogen and oxygen atoms in total. The third-order valence-electron chi connectivity index (χ3n) is 5.50. The average Bonchev–Trinajstić information content (AvgIpc) is 2.82. The maximum atomic E-state index is 13.4. The molecule has 1 aliphatic rings. The first-order valence-corrected chi connectivity index (χ1v) is 11.6. The fourth-order valence-electron chi connectivity index (χ4n) is 3.68. The SMILES string of the molecule is CCc1ccc(/C=C2/Sc3ccccc3N(CC(=O)N[C@@H](C)c3ccccc3)C2=O)cc1. The van der Waals surface area contributed by atoms with Crippen molar-refractivity contribution in [2.24, 2.45) is 0 Å². The molecule has 3 aromatic rings. The number of carbonyl (C=O) groups is 2. The predicted molar refractivity (Wildman–Crippen MR) is 131 cm³/mol. The summed E-state index contributed by atoms with van der Waals surface area (Å²) in [6, 6.07) is 25.6. The number of aryl methyl sites for hydroxylation is 1. The lowest BCUT2D eigenvalue weighted by Crippen LogP contribution is -2.43. The van der Waals surface area contributed by atoms with Gasteiger partial charge in [0.1, 0.15) is 6.54 Å². The van der Waals surface area contributed by atoms with Gasteiger partial charge < -0.3 is 5.32 Å². The van der Waals surface area contributed by atoms with E-state index in [2.05, 4.69) is 24.4 Å². The molecule has 1 heterocycles. The van der Waals surface area contributed by atoms with E-state index in [1.165, 1.54) is 17.3 Å². The number of hydrogen-bond acceptors (Lipinski definition) is 3. The highest BCUT2D eigenvalue weighted by atomic mass is 32.2. The predicted octanol–water partition coefficient (Wildman–Crippen LogP) is 5.61. The Morgan fingerprint density at radius 3 is 2.41 bits per heavy atom. The number of benzene rings is 3. The highest BCUT2D eigenvalue weighted by Crippen LogP contribution is 2.41. The van der Waals surface area contributed by atoms with Crippen molar-refractivity contribution in [3.05, 3.63) is 100 Å². The zero-order chi connectivity index (χ0) is 22.5. The molecular formula is C27H26N2O2S. The van der Waals surface area contributed by atoms with Gasteiger partial charge in [-0.2, -0.15) is 0 Å². The lowest BCUT2D eigenvalue weighted by molar-refractivity contribution is -0.122. The zero-order valence-electron chi connectivity index (χ0n) is 18.2. The zero-order valence-corrected chi connectivity index (χ0v) is 19.1. The van der Waals surface area contributed by atoms with Gasteiger partial charge >= 0.3 is 0 Å². The molecule has 1 aliphatic heterocycles. The molecule has 2 amide bonds. The molecule has 162 valence electrons. The quantitative estimate of drug-likeness (QED) is 0.505. The van der Waals surface area contributed by atoms with Crippen molar-refractivity contribution in [3.8, 4) is 0 Å². The van der Waals surface area contributed by atoms with E-state index < -0.39 is 0 Å². The van der Waals surface area contributed by atoms with E-state index in [1.807, 2.05) is 79.7 Å². The molecule has 0 aliphatic carbocycles. The van der Waals surface area contributed by atoms with Crippen LogP contribution >= 0.6 is 11.8 Å². The maximum Gasteiger partial charge on any atom is 0.265 e. The van der Waals surface area contributed by atoms with Crippen LogP contribution in [0, 0.1) is 0 Å². The Hall–Kier alpha value is -3.31. The van der Waals surface area contributed by atoms with Crippen LogP contribution in [-0.2, 0) is 16.0 Å². The van der Waals surface area contributed by atoms with E-state index in [0.717, 1.165) is 28.1 Å². The first-order valence-electron chi connectivity index (χ1n) is 10.8. The van der Waals surface area contributed by atoms with Crippen molar-refractivity contribution in [3.63, 3.8) is 0 Å². The molecule has 0 saturated heterocycles. The van der Waals surface area contributed by atoms with Crippen LogP contribution in [0.5, 0.6) is 0 Å². The van der Waals surface area contributed by atoms with Gasteiger partial charge in [0.2, 0.25) is 5.91 Å². The normalized spacial score (nSPS) is 15.4. The monoisotopic (exact) mass is 442 g/mol. The number of fused-ring (bicyclic) bond motifs is 1. The van der Waals surface area contributed by atoms with Crippen LogP contribution in [0.1, 0.15) is 36.6 Å². The van der Waals surface area contributed by atoms with Gasteiger partial charge in [0.05, 0.1) is 16.6 Å². The Labute approximate surface area is 193 Å². The molecule has 0 fully saturated rings. The second-order valence-electron chi connectivity index (χ2n) is 7.76. The van der Waals surface area contributed by atoms with E-state index in [4.69, 9.17) is 0 Å². The van der Waals surface area contributed by atoms with Gasteiger partial charge in [0.25, 0.3) is 5.91 Å². The van der Waals surface area contributed by atoms with Gasteiger partial charge in [-0.25, -0.2) is 0 Å². The van der Waals surface area contributed by atoms with Gasteiger partial charge in [-0.05, 0) is 48.2 Å². The van der Waals surface area contributed by atoms with Crippen molar-refractivity contribution in [1.29, 1.82) is 0 Å². The third-order valence-corrected chi connectivity index (χ3v) is 6.57. The molecule has 5 heteroatoms. The minimum atomic E-state index is -0.192. The fourth-order valence-corrected chi connectivity index (χ4v) is 4.73. The summed E-state index contributed by atoms with van der Waals surface area (Å²) >= 11 is 1.45. The molecule has 0 aromatic heterocycles. The van der Waals surface area contributed by atoms with E-state index in [9.17, 15) is 9.59 Å². The number of amides is 2. The molecule has 0 spiro atoms. The van der Waals surface area contributed by atoms with Crippen LogP contribution in [0.25, 0.3) is 6.08 Å². The van der Waals surface area contributed by atoms with Crippen molar-refractivity contribution in [2.45, 2.75) is 31.2 Å². The van der Waals surface area contributed by atoms with Crippen LogP contribution in [0.3, 0.4) is 0 Å². The van der Waals surface area contributed by atoms with Gasteiger partial charge in [0, 0.05) is 4.90 Å². The molecule has 1 N–H and O–H groups in total. The van der Waals surface area contributed by atoms with Gasteiger partial charge in [-0.15, -0.1) is 0 Å². The van der Waals surface area contributed by atoms with Crippen molar-refractivity contribution in [1.82, 2.24) is 5.32 Å². The van der Waals surface area contributed by atoms with Crippen molar-refractivity contribution >= 4 is 35.3 Å². The Kier molecular flexibility index (Phi) is 6.76. The molecule has 0 radical (unpaired) electrons. The summed E-state index contributed by atoms with van der Waals surface area (Å²) in [4.78, 5) is 29.4. The minimum Gasteiger partial charge on any atom is -0.348 e. The largest absolute Gasteiger partial charge is 0.348 e. The Morgan fingerprint density at radius 1 is 1.00 bits per heavy atom. The fraction of sp³-hybridized carbons (Fsp3) is 0.185. The van der Waals surface area contributed by atoms with E-state index in [0.29, 0.717) is 4.91 Å². The second kappa shape index (κ2) is 9.88. The number of nitrogens with one attached hydrogen (secondary N) is 1. The number of rotatable bonds is 6. The minimum absolute atomic E-state index is 0.0281. The van der Waals surface area contributed by atoms with Gasteiger partial charge in [-0.1, -0.05) is 85.4 Å². The number of para-hydroxylation sites is 1. The first-order chi connectivity index (χ1) is 15.5. The molecule has 0 saturated carbocycles. The summed E-state index contributed by atoms with van der Waals surface area (Å²) in [5, 5.41) is 3.01. The third kappa shape index (κ3) is 4.94. The highest BCUT2D eigenvalue weighted by molar-refractivity contribution is 8.04. The first kappa shape index (κ1) is 21.9. The molecule has 0 unspecified atom stereocenters. The number of carbonyl (C=O) groups excluding carboxylic acids is 2. The molecular weight excluding hydrogens is 416 g/mol.